The summed E-state index contributed by atoms with van der Waals surface area (Å²) in [5.41, 5.74) is 0.748. The van der Waals surface area contributed by atoms with Gasteiger partial charge in [0.2, 0.25) is 0 Å². The Balaban J connectivity index is 1.95. The molecule has 7 heteroatoms. The summed E-state index contributed by atoms with van der Waals surface area (Å²) in [7, 11) is 0. The van der Waals surface area contributed by atoms with Gasteiger partial charge in [-0.1, -0.05) is 30.3 Å². The highest BCUT2D eigenvalue weighted by Crippen LogP contribution is 2.30. The van der Waals surface area contributed by atoms with Crippen LogP contribution in [0.15, 0.2) is 30.3 Å². The molecule has 21 heavy (non-hydrogen) atoms. The minimum absolute atomic E-state index is 0.00892. The van der Waals surface area contributed by atoms with Gasteiger partial charge in [0.15, 0.2) is 6.10 Å². The van der Waals surface area contributed by atoms with Crippen LogP contribution in [0.25, 0.3) is 0 Å². The molecule has 4 nitrogen and oxygen atoms in total. The van der Waals surface area contributed by atoms with Gasteiger partial charge in [-0.05, 0) is 18.4 Å². The molecule has 1 saturated heterocycles. The fourth-order valence-corrected chi connectivity index (χ4v) is 2.37. The summed E-state index contributed by atoms with van der Waals surface area (Å²) in [6.07, 6.45) is -7.58. The molecule has 0 radical (unpaired) electrons. The zero-order valence-electron chi connectivity index (χ0n) is 11.2. The summed E-state index contributed by atoms with van der Waals surface area (Å²) in [5, 5.41) is 9.32. The highest BCUT2D eigenvalue weighted by molar-refractivity contribution is 5.68. The molecule has 0 bridgehead atoms. The van der Waals surface area contributed by atoms with Crippen LogP contribution in [-0.2, 0) is 11.3 Å². The smallest absolute Gasteiger partial charge is 0.416 e. The van der Waals surface area contributed by atoms with E-state index in [1.807, 2.05) is 6.07 Å². The van der Waals surface area contributed by atoms with Gasteiger partial charge in [-0.3, -0.25) is 0 Å². The number of rotatable bonds is 3. The number of nitrogens with zero attached hydrogens (tertiary/aromatic N) is 1. The van der Waals surface area contributed by atoms with Crippen molar-refractivity contribution >= 4 is 6.09 Å². The van der Waals surface area contributed by atoms with E-state index in [1.54, 1.807) is 24.3 Å². The maximum Gasteiger partial charge on any atom is 0.416 e. The van der Waals surface area contributed by atoms with Crippen LogP contribution in [-0.4, -0.2) is 41.0 Å². The lowest BCUT2D eigenvalue weighted by atomic mass is 10.1. The molecule has 0 saturated carbocycles. The Bertz CT molecular complexity index is 478. The number of hydrogen-bond acceptors (Lipinski definition) is 3. The van der Waals surface area contributed by atoms with Crippen LogP contribution in [0.4, 0.5) is 18.0 Å². The Hall–Kier alpha value is -1.76. The molecule has 0 spiro atoms. The highest BCUT2D eigenvalue weighted by atomic mass is 19.4. The molecule has 1 aliphatic heterocycles. The number of carbonyl (C=O) groups is 1. The fourth-order valence-electron chi connectivity index (χ4n) is 2.37. The zero-order chi connectivity index (χ0) is 15.5. The van der Waals surface area contributed by atoms with Crippen molar-refractivity contribution in [2.24, 2.45) is 0 Å². The first-order valence-electron chi connectivity index (χ1n) is 6.61. The predicted molar refractivity (Wildman–Crippen MR) is 68.4 cm³/mol. The number of benzene rings is 1. The molecule has 1 aliphatic rings. The summed E-state index contributed by atoms with van der Waals surface area (Å²) in [6.45, 7) is 0.149. The number of halogens is 3. The molecule has 1 heterocycles. The van der Waals surface area contributed by atoms with Crippen LogP contribution >= 0.6 is 0 Å². The monoisotopic (exact) mass is 303 g/mol. The Morgan fingerprint density at radius 3 is 2.67 bits per heavy atom. The van der Waals surface area contributed by atoms with E-state index in [0.29, 0.717) is 6.42 Å². The average molecular weight is 303 g/mol. The molecule has 1 N–H and O–H groups in total. The first-order chi connectivity index (χ1) is 9.89. The normalized spacial score (nSPS) is 20.4. The van der Waals surface area contributed by atoms with Crippen molar-refractivity contribution in [1.82, 2.24) is 4.90 Å². The minimum Gasteiger partial charge on any atom is -0.445 e. The van der Waals surface area contributed by atoms with Gasteiger partial charge >= 0.3 is 12.3 Å². The lowest BCUT2D eigenvalue weighted by Crippen LogP contribution is -2.49. The number of likely N-dealkylation sites (tertiary alicyclic amines) is 1. The minimum atomic E-state index is -4.74. The molecule has 2 atom stereocenters. The van der Waals surface area contributed by atoms with E-state index in [9.17, 15) is 23.1 Å². The van der Waals surface area contributed by atoms with Gasteiger partial charge < -0.3 is 14.7 Å². The average Bonchev–Trinajstić information content (AvgIpc) is 2.93. The summed E-state index contributed by atoms with van der Waals surface area (Å²) in [5.74, 6) is 0. The molecule has 116 valence electrons. The third-order valence-corrected chi connectivity index (χ3v) is 3.44. The first-order valence-corrected chi connectivity index (χ1v) is 6.61. The SMILES string of the molecule is O=C(OCc1ccccc1)N1CCCC1C(O)C(F)(F)F. The molecule has 2 unspecified atom stereocenters. The lowest BCUT2D eigenvalue weighted by Gasteiger charge is -2.29. The van der Waals surface area contributed by atoms with Crippen LogP contribution in [0.1, 0.15) is 18.4 Å². The van der Waals surface area contributed by atoms with Crippen LogP contribution < -0.4 is 0 Å². The van der Waals surface area contributed by atoms with Crippen LogP contribution in [0.3, 0.4) is 0 Å². The van der Waals surface area contributed by atoms with E-state index in [0.717, 1.165) is 10.5 Å². The van der Waals surface area contributed by atoms with E-state index < -0.39 is 24.4 Å². The Morgan fingerprint density at radius 1 is 1.38 bits per heavy atom. The zero-order valence-corrected chi connectivity index (χ0v) is 11.2. The number of carbonyl (C=O) groups excluding carboxylic acids is 1. The molecule has 1 aromatic carbocycles. The van der Waals surface area contributed by atoms with Gasteiger partial charge in [-0.15, -0.1) is 0 Å². The van der Waals surface area contributed by atoms with Gasteiger partial charge in [0, 0.05) is 6.54 Å². The van der Waals surface area contributed by atoms with E-state index >= 15 is 0 Å². The standard InChI is InChI=1S/C14H16F3NO3/c15-14(16,17)12(19)11-7-4-8-18(11)13(20)21-9-10-5-2-1-3-6-10/h1-3,5-6,11-12,19H,4,7-9H2. The van der Waals surface area contributed by atoms with Crippen LogP contribution in [0.2, 0.25) is 0 Å². The third-order valence-electron chi connectivity index (χ3n) is 3.44. The van der Waals surface area contributed by atoms with Crippen molar-refractivity contribution in [2.75, 3.05) is 6.54 Å². The molecule has 1 aromatic rings. The van der Waals surface area contributed by atoms with Crippen molar-refractivity contribution in [3.05, 3.63) is 35.9 Å². The van der Waals surface area contributed by atoms with Crippen LogP contribution in [0, 0.1) is 0 Å². The largest absolute Gasteiger partial charge is 0.445 e. The topological polar surface area (TPSA) is 49.8 Å². The maximum atomic E-state index is 12.6. The van der Waals surface area contributed by atoms with E-state index in [-0.39, 0.29) is 19.6 Å². The van der Waals surface area contributed by atoms with Crippen molar-refractivity contribution < 1.29 is 27.8 Å². The van der Waals surface area contributed by atoms with Crippen molar-refractivity contribution in [2.45, 2.75) is 37.8 Å². The molecule has 1 amide bonds. The number of ether oxygens (including phenoxy) is 1. The lowest BCUT2D eigenvalue weighted by molar-refractivity contribution is -0.217. The van der Waals surface area contributed by atoms with Gasteiger partial charge in [0.25, 0.3) is 0 Å². The summed E-state index contributed by atoms with van der Waals surface area (Å²) in [6, 6.07) is 7.58. The Morgan fingerprint density at radius 2 is 2.05 bits per heavy atom. The fraction of sp³-hybridized carbons (Fsp3) is 0.500. The van der Waals surface area contributed by atoms with Gasteiger partial charge in [-0.25, -0.2) is 4.79 Å². The molecular formula is C14H16F3NO3. The Kier molecular flexibility index (Phi) is 4.72. The molecule has 1 fully saturated rings. The number of aliphatic hydroxyl groups excluding tert-OH is 1. The van der Waals surface area contributed by atoms with E-state index in [1.165, 1.54) is 0 Å². The second kappa shape index (κ2) is 6.34. The summed E-state index contributed by atoms with van der Waals surface area (Å²) in [4.78, 5) is 12.8. The predicted octanol–water partition coefficient (Wildman–Crippen LogP) is 2.71. The van der Waals surface area contributed by atoms with Gasteiger partial charge in [-0.2, -0.15) is 13.2 Å². The highest BCUT2D eigenvalue weighted by Gasteiger charge is 2.48. The number of hydrogen-bond donors (Lipinski definition) is 1. The number of aliphatic hydroxyl groups is 1. The second-order valence-electron chi connectivity index (χ2n) is 4.93. The number of amides is 1. The number of alkyl halides is 3. The molecular weight excluding hydrogens is 287 g/mol. The van der Waals surface area contributed by atoms with E-state index in [4.69, 9.17) is 4.74 Å². The molecule has 0 aliphatic carbocycles. The van der Waals surface area contributed by atoms with Crippen molar-refractivity contribution in [1.29, 1.82) is 0 Å². The van der Waals surface area contributed by atoms with Gasteiger partial charge in [0.05, 0.1) is 6.04 Å². The van der Waals surface area contributed by atoms with Gasteiger partial charge in [0.1, 0.15) is 6.61 Å². The third kappa shape index (κ3) is 3.87. The second-order valence-corrected chi connectivity index (χ2v) is 4.93. The van der Waals surface area contributed by atoms with Crippen molar-refractivity contribution in [3.8, 4) is 0 Å². The quantitative estimate of drug-likeness (QED) is 0.934. The maximum absolute atomic E-state index is 12.6. The summed E-state index contributed by atoms with van der Waals surface area (Å²) < 4.78 is 42.7. The molecule has 0 aromatic heterocycles. The van der Waals surface area contributed by atoms with Crippen LogP contribution in [0.5, 0.6) is 0 Å². The van der Waals surface area contributed by atoms with E-state index in [2.05, 4.69) is 0 Å². The Labute approximate surface area is 120 Å². The molecule has 2 rings (SSSR count). The van der Waals surface area contributed by atoms with Crippen molar-refractivity contribution in [3.63, 3.8) is 0 Å². The first kappa shape index (κ1) is 15.6. The summed E-state index contributed by atoms with van der Waals surface area (Å²) >= 11 is 0.